The number of aryl methyl sites for hydroxylation is 1. The molecule has 2 amide bonds. The highest BCUT2D eigenvalue weighted by Gasteiger charge is 2.31. The Kier molecular flexibility index (Phi) is 5.07. The van der Waals surface area contributed by atoms with Gasteiger partial charge in [-0.15, -0.1) is 0 Å². The largest absolute Gasteiger partial charge is 0.327 e. The van der Waals surface area contributed by atoms with E-state index in [1.807, 2.05) is 6.92 Å². The van der Waals surface area contributed by atoms with Crippen molar-refractivity contribution in [1.82, 2.24) is 9.88 Å². The van der Waals surface area contributed by atoms with Gasteiger partial charge < -0.3 is 10.2 Å². The fourth-order valence-corrected chi connectivity index (χ4v) is 3.14. The van der Waals surface area contributed by atoms with Crippen LogP contribution in [0.4, 0.5) is 10.1 Å². The predicted molar refractivity (Wildman–Crippen MR) is 92.3 cm³/mol. The summed E-state index contributed by atoms with van der Waals surface area (Å²) in [4.78, 5) is 30.6. The van der Waals surface area contributed by atoms with Gasteiger partial charge in [-0.2, -0.15) is 0 Å². The molecule has 0 bridgehead atoms. The van der Waals surface area contributed by atoms with Crippen LogP contribution in [0.2, 0.25) is 0 Å². The fraction of sp³-hybridized carbons (Fsp3) is 0.316. The molecule has 3 rings (SSSR count). The molecule has 1 aromatic heterocycles. The number of rotatable bonds is 2. The molecule has 130 valence electrons. The summed E-state index contributed by atoms with van der Waals surface area (Å²) >= 11 is 0. The lowest BCUT2D eigenvalue weighted by atomic mass is 9.95. The Morgan fingerprint density at radius 2 is 1.96 bits per heavy atom. The molecule has 25 heavy (non-hydrogen) atoms. The van der Waals surface area contributed by atoms with Crippen molar-refractivity contribution in [2.24, 2.45) is 0 Å². The standard InChI is InChI=1S/C19H20FN3O2/c1-13-10-16(12-21-11-13)22-18(24)19(25)23-9-3-2-4-17(23)14-5-7-15(20)8-6-14/h5-8,10-12,17H,2-4,9H2,1H3,(H,22,24)/t17-/m0/s1. The third-order valence-electron chi connectivity index (χ3n) is 4.35. The van der Waals surface area contributed by atoms with E-state index in [0.29, 0.717) is 12.2 Å². The molecule has 1 aromatic carbocycles. The van der Waals surface area contributed by atoms with E-state index in [4.69, 9.17) is 0 Å². The van der Waals surface area contributed by atoms with E-state index < -0.39 is 11.8 Å². The van der Waals surface area contributed by atoms with Crippen LogP contribution in [-0.2, 0) is 9.59 Å². The molecule has 2 aromatic rings. The zero-order chi connectivity index (χ0) is 17.8. The fourth-order valence-electron chi connectivity index (χ4n) is 3.14. The maximum Gasteiger partial charge on any atom is 0.313 e. The topological polar surface area (TPSA) is 62.3 Å². The lowest BCUT2D eigenvalue weighted by Crippen LogP contribution is -2.44. The predicted octanol–water partition coefficient (Wildman–Crippen LogP) is 3.22. The number of anilines is 1. The first-order chi connectivity index (χ1) is 12.0. The van der Waals surface area contributed by atoms with Crippen molar-refractivity contribution in [3.05, 3.63) is 59.7 Å². The molecule has 0 saturated carbocycles. The Morgan fingerprint density at radius 1 is 1.20 bits per heavy atom. The minimum Gasteiger partial charge on any atom is -0.327 e. The molecule has 0 spiro atoms. The third kappa shape index (κ3) is 4.02. The first kappa shape index (κ1) is 17.1. The highest BCUT2D eigenvalue weighted by Crippen LogP contribution is 2.31. The molecule has 1 N–H and O–H groups in total. The molecule has 0 radical (unpaired) electrons. The van der Waals surface area contributed by atoms with E-state index in [1.165, 1.54) is 18.3 Å². The number of piperidine rings is 1. The van der Waals surface area contributed by atoms with E-state index in [0.717, 1.165) is 30.4 Å². The van der Waals surface area contributed by atoms with Crippen molar-refractivity contribution in [2.75, 3.05) is 11.9 Å². The zero-order valence-corrected chi connectivity index (χ0v) is 14.0. The number of likely N-dealkylation sites (tertiary alicyclic amines) is 1. The molecule has 2 heterocycles. The average molecular weight is 341 g/mol. The minimum atomic E-state index is -0.679. The van der Waals surface area contributed by atoms with E-state index in [-0.39, 0.29) is 11.9 Å². The second kappa shape index (κ2) is 7.42. The van der Waals surface area contributed by atoms with Crippen molar-refractivity contribution in [3.63, 3.8) is 0 Å². The number of hydrogen-bond acceptors (Lipinski definition) is 3. The lowest BCUT2D eigenvalue weighted by molar-refractivity contribution is -0.145. The van der Waals surface area contributed by atoms with E-state index in [2.05, 4.69) is 10.3 Å². The molecule has 1 saturated heterocycles. The lowest BCUT2D eigenvalue weighted by Gasteiger charge is -2.35. The number of carbonyl (C=O) groups excluding carboxylic acids is 2. The molecule has 0 aliphatic carbocycles. The van der Waals surface area contributed by atoms with Crippen molar-refractivity contribution in [3.8, 4) is 0 Å². The van der Waals surface area contributed by atoms with Crippen LogP contribution in [0, 0.1) is 12.7 Å². The maximum absolute atomic E-state index is 13.2. The Labute approximate surface area is 145 Å². The highest BCUT2D eigenvalue weighted by molar-refractivity contribution is 6.39. The third-order valence-corrected chi connectivity index (χ3v) is 4.35. The summed E-state index contributed by atoms with van der Waals surface area (Å²) in [5.41, 5.74) is 2.24. The van der Waals surface area contributed by atoms with Gasteiger partial charge in [-0.25, -0.2) is 4.39 Å². The van der Waals surface area contributed by atoms with Crippen LogP contribution in [-0.4, -0.2) is 28.2 Å². The molecule has 1 aliphatic heterocycles. The van der Waals surface area contributed by atoms with Crippen LogP contribution in [0.5, 0.6) is 0 Å². The van der Waals surface area contributed by atoms with Crippen LogP contribution < -0.4 is 5.32 Å². The number of benzene rings is 1. The van der Waals surface area contributed by atoms with Gasteiger partial charge in [0.2, 0.25) is 0 Å². The minimum absolute atomic E-state index is 0.205. The summed E-state index contributed by atoms with van der Waals surface area (Å²) in [5.74, 6) is -1.57. The van der Waals surface area contributed by atoms with Gasteiger partial charge in [0.15, 0.2) is 0 Å². The zero-order valence-electron chi connectivity index (χ0n) is 14.0. The number of carbonyl (C=O) groups is 2. The van der Waals surface area contributed by atoms with Crippen LogP contribution in [0.1, 0.15) is 36.4 Å². The molecular weight excluding hydrogens is 321 g/mol. The summed E-state index contributed by atoms with van der Waals surface area (Å²) in [6, 6.07) is 7.66. The number of nitrogens with zero attached hydrogens (tertiary/aromatic N) is 2. The van der Waals surface area contributed by atoms with Crippen molar-refractivity contribution < 1.29 is 14.0 Å². The summed E-state index contributed by atoms with van der Waals surface area (Å²) in [7, 11) is 0. The molecular formula is C19H20FN3O2. The van der Waals surface area contributed by atoms with Crippen LogP contribution in [0.3, 0.4) is 0 Å². The Bertz CT molecular complexity index is 776. The maximum atomic E-state index is 13.2. The smallest absolute Gasteiger partial charge is 0.313 e. The number of amides is 2. The Balaban J connectivity index is 1.76. The van der Waals surface area contributed by atoms with E-state index in [9.17, 15) is 14.0 Å². The summed E-state index contributed by atoms with van der Waals surface area (Å²) in [6.45, 7) is 2.38. The molecule has 6 heteroatoms. The van der Waals surface area contributed by atoms with Gasteiger partial charge in [-0.3, -0.25) is 14.6 Å². The second-order valence-corrected chi connectivity index (χ2v) is 6.27. The Morgan fingerprint density at radius 3 is 2.68 bits per heavy atom. The highest BCUT2D eigenvalue weighted by atomic mass is 19.1. The van der Waals surface area contributed by atoms with Crippen molar-refractivity contribution in [2.45, 2.75) is 32.2 Å². The van der Waals surface area contributed by atoms with E-state index >= 15 is 0 Å². The summed E-state index contributed by atoms with van der Waals surface area (Å²) < 4.78 is 13.2. The van der Waals surface area contributed by atoms with Gasteiger partial charge in [0.05, 0.1) is 17.9 Å². The molecule has 0 unspecified atom stereocenters. The van der Waals surface area contributed by atoms with Gasteiger partial charge in [0.1, 0.15) is 5.82 Å². The monoisotopic (exact) mass is 341 g/mol. The first-order valence-corrected chi connectivity index (χ1v) is 8.33. The molecule has 1 aliphatic rings. The molecule has 1 atom stereocenters. The number of halogens is 1. The summed E-state index contributed by atoms with van der Waals surface area (Å²) in [6.07, 6.45) is 5.76. The average Bonchev–Trinajstić information content (AvgIpc) is 2.62. The summed E-state index contributed by atoms with van der Waals surface area (Å²) in [5, 5.41) is 2.61. The first-order valence-electron chi connectivity index (χ1n) is 8.33. The van der Waals surface area contributed by atoms with Crippen LogP contribution in [0.15, 0.2) is 42.7 Å². The van der Waals surface area contributed by atoms with E-state index in [1.54, 1.807) is 29.3 Å². The van der Waals surface area contributed by atoms with Crippen molar-refractivity contribution >= 4 is 17.5 Å². The Hall–Kier alpha value is -2.76. The second-order valence-electron chi connectivity index (χ2n) is 6.27. The number of pyridine rings is 1. The number of nitrogens with one attached hydrogen (secondary N) is 1. The van der Waals surface area contributed by atoms with Gasteiger partial charge in [-0.05, 0) is 55.5 Å². The van der Waals surface area contributed by atoms with Gasteiger partial charge in [-0.1, -0.05) is 12.1 Å². The SMILES string of the molecule is Cc1cncc(NC(=O)C(=O)N2CCCC[C@H]2c2ccc(F)cc2)c1. The van der Waals surface area contributed by atoms with Gasteiger partial charge >= 0.3 is 11.8 Å². The van der Waals surface area contributed by atoms with Crippen LogP contribution in [0.25, 0.3) is 0 Å². The normalized spacial score (nSPS) is 17.2. The van der Waals surface area contributed by atoms with Crippen molar-refractivity contribution in [1.29, 1.82) is 0 Å². The number of aromatic nitrogens is 1. The molecule has 5 nitrogen and oxygen atoms in total. The van der Waals surface area contributed by atoms with Gasteiger partial charge in [0.25, 0.3) is 0 Å². The number of hydrogen-bond donors (Lipinski definition) is 1. The van der Waals surface area contributed by atoms with Crippen LogP contribution >= 0.6 is 0 Å². The quantitative estimate of drug-likeness (QED) is 0.853. The molecule has 1 fully saturated rings. The van der Waals surface area contributed by atoms with Gasteiger partial charge in [0, 0.05) is 12.7 Å².